The fourth-order valence-corrected chi connectivity index (χ4v) is 1.34. The van der Waals surface area contributed by atoms with Gasteiger partial charge in [0.1, 0.15) is 0 Å². The number of anilines is 1. The van der Waals surface area contributed by atoms with Crippen LogP contribution in [0.25, 0.3) is 0 Å². The molecule has 1 rings (SSSR count). The molecule has 1 nitrogen and oxygen atoms in total. The molecule has 0 aliphatic carbocycles. The third-order valence-corrected chi connectivity index (χ3v) is 2.18. The lowest BCUT2D eigenvalue weighted by Gasteiger charge is -2.16. The van der Waals surface area contributed by atoms with Crippen molar-refractivity contribution in [3.8, 4) is 0 Å². The summed E-state index contributed by atoms with van der Waals surface area (Å²) in [7, 11) is 5.43. The topological polar surface area (TPSA) is 3.24 Å². The van der Waals surface area contributed by atoms with E-state index in [2.05, 4.69) is 42.5 Å². The maximum atomic E-state index is 3.45. The van der Waals surface area contributed by atoms with E-state index in [1.165, 1.54) is 16.8 Å². The molecule has 0 N–H and O–H groups in total. The summed E-state index contributed by atoms with van der Waals surface area (Å²) in [4.78, 5) is 0. The molecule has 0 fully saturated rings. The van der Waals surface area contributed by atoms with Crippen LogP contribution in [0.2, 0.25) is 0 Å². The van der Waals surface area contributed by atoms with Gasteiger partial charge in [-0.2, -0.15) is 0 Å². The van der Waals surface area contributed by atoms with Gasteiger partial charge in [-0.05, 0) is 38.1 Å². The number of hydrogen-bond donors (Lipinski definition) is 0. The summed E-state index contributed by atoms with van der Waals surface area (Å²) in [5.74, 6) is 0. The molecule has 65 valence electrons. The fraction of sp³-hybridized carbons (Fsp3) is 0.333. The minimum Gasteiger partial charge on any atom is -0.402 e. The second kappa shape index (κ2) is 4.53. The predicted octanol–water partition coefficient (Wildman–Crippen LogP) is 2.24. The standard InChI is InChI=1S/C9H12NSi.ClH/c1-7-5-4-6-9(8(7)2)10(3)11;/h4-6H,1-3H3;1H. The Hall–Kier alpha value is -0.473. The van der Waals surface area contributed by atoms with Crippen molar-refractivity contribution in [3.05, 3.63) is 29.3 Å². The van der Waals surface area contributed by atoms with Gasteiger partial charge in [0.25, 0.3) is 0 Å². The van der Waals surface area contributed by atoms with Crippen LogP contribution in [-0.2, 0) is 0 Å². The zero-order chi connectivity index (χ0) is 8.43. The third-order valence-electron chi connectivity index (χ3n) is 1.94. The normalized spacial score (nSPS) is 9.00. The van der Waals surface area contributed by atoms with Crippen LogP contribution in [0.1, 0.15) is 11.1 Å². The number of aryl methyl sites for hydroxylation is 1. The van der Waals surface area contributed by atoms with E-state index in [9.17, 15) is 0 Å². The lowest BCUT2D eigenvalue weighted by molar-refractivity contribution is 1.25. The van der Waals surface area contributed by atoms with Gasteiger partial charge in [-0.15, -0.1) is 12.4 Å². The van der Waals surface area contributed by atoms with Gasteiger partial charge in [-0.1, -0.05) is 12.1 Å². The molecule has 0 unspecified atom stereocenters. The quantitative estimate of drug-likeness (QED) is 0.626. The van der Waals surface area contributed by atoms with Crippen molar-refractivity contribution in [3.63, 3.8) is 0 Å². The molecule has 1 aromatic rings. The molecule has 0 spiro atoms. The molecular formula is C9H13ClNSi. The zero-order valence-electron chi connectivity index (χ0n) is 7.59. The third kappa shape index (κ3) is 2.25. The van der Waals surface area contributed by atoms with E-state index in [0.717, 1.165) is 0 Å². The van der Waals surface area contributed by atoms with Crippen molar-refractivity contribution in [1.29, 1.82) is 0 Å². The number of halogens is 1. The van der Waals surface area contributed by atoms with E-state index >= 15 is 0 Å². The van der Waals surface area contributed by atoms with Crippen LogP contribution < -0.4 is 4.57 Å². The maximum Gasteiger partial charge on any atom is 0.188 e. The van der Waals surface area contributed by atoms with Gasteiger partial charge >= 0.3 is 0 Å². The van der Waals surface area contributed by atoms with Crippen LogP contribution in [0.15, 0.2) is 18.2 Å². The van der Waals surface area contributed by atoms with Crippen molar-refractivity contribution >= 4 is 28.5 Å². The largest absolute Gasteiger partial charge is 0.402 e. The monoisotopic (exact) mass is 198 g/mol. The van der Waals surface area contributed by atoms with Crippen molar-refractivity contribution in [2.75, 3.05) is 11.6 Å². The Bertz CT molecular complexity index is 261. The smallest absolute Gasteiger partial charge is 0.188 e. The molecule has 0 saturated carbocycles. The molecule has 0 bridgehead atoms. The molecule has 0 aliphatic rings. The highest BCUT2D eigenvalue weighted by molar-refractivity contribution is 6.17. The Morgan fingerprint density at radius 3 is 2.25 bits per heavy atom. The fourth-order valence-electron chi connectivity index (χ4n) is 1.10. The van der Waals surface area contributed by atoms with Crippen LogP contribution in [0.3, 0.4) is 0 Å². The van der Waals surface area contributed by atoms with E-state index in [0.29, 0.717) is 0 Å². The predicted molar refractivity (Wildman–Crippen MR) is 57.3 cm³/mol. The molecule has 0 atom stereocenters. The zero-order valence-corrected chi connectivity index (χ0v) is 9.40. The van der Waals surface area contributed by atoms with Gasteiger partial charge in [0.15, 0.2) is 10.4 Å². The number of rotatable bonds is 1. The highest BCUT2D eigenvalue weighted by Crippen LogP contribution is 2.19. The summed E-state index contributed by atoms with van der Waals surface area (Å²) in [5, 5.41) is 0. The Kier molecular flexibility index (Phi) is 4.35. The summed E-state index contributed by atoms with van der Waals surface area (Å²) in [5.41, 5.74) is 3.87. The summed E-state index contributed by atoms with van der Waals surface area (Å²) >= 11 is 0. The first kappa shape index (κ1) is 11.5. The maximum absolute atomic E-state index is 3.45. The van der Waals surface area contributed by atoms with Gasteiger partial charge in [0.2, 0.25) is 0 Å². The van der Waals surface area contributed by atoms with Crippen LogP contribution in [0, 0.1) is 13.8 Å². The average molecular weight is 199 g/mol. The van der Waals surface area contributed by atoms with Crippen molar-refractivity contribution in [2.24, 2.45) is 0 Å². The average Bonchev–Trinajstić information content (AvgIpc) is 1.94. The van der Waals surface area contributed by atoms with Crippen LogP contribution in [0.5, 0.6) is 0 Å². The lowest BCUT2D eigenvalue weighted by Crippen LogP contribution is -2.12. The SMILES string of the molecule is Cc1cccc(N(C)[Si])c1C.Cl. The highest BCUT2D eigenvalue weighted by Gasteiger charge is 2.00. The molecular weight excluding hydrogens is 186 g/mol. The molecule has 0 aromatic heterocycles. The highest BCUT2D eigenvalue weighted by atomic mass is 35.5. The van der Waals surface area contributed by atoms with Crippen molar-refractivity contribution in [2.45, 2.75) is 13.8 Å². The first-order valence-electron chi connectivity index (χ1n) is 3.64. The summed E-state index contributed by atoms with van der Waals surface area (Å²) < 4.78 is 1.95. The lowest BCUT2D eigenvalue weighted by atomic mass is 10.1. The molecule has 12 heavy (non-hydrogen) atoms. The molecule has 0 aliphatic heterocycles. The second-order valence-corrected chi connectivity index (χ2v) is 3.45. The number of hydrogen-bond acceptors (Lipinski definition) is 1. The summed E-state index contributed by atoms with van der Waals surface area (Å²) in [6.45, 7) is 4.25. The number of nitrogens with zero attached hydrogens (tertiary/aromatic N) is 1. The number of benzene rings is 1. The Morgan fingerprint density at radius 2 is 1.83 bits per heavy atom. The second-order valence-electron chi connectivity index (χ2n) is 2.78. The van der Waals surface area contributed by atoms with Gasteiger partial charge in [-0.3, -0.25) is 0 Å². The van der Waals surface area contributed by atoms with E-state index < -0.39 is 0 Å². The first-order valence-corrected chi connectivity index (χ1v) is 4.09. The Balaban J connectivity index is 0.00000121. The van der Waals surface area contributed by atoms with Crippen LogP contribution in [-0.4, -0.2) is 17.5 Å². The minimum absolute atomic E-state index is 0. The van der Waals surface area contributed by atoms with Gasteiger partial charge in [-0.25, -0.2) is 0 Å². The van der Waals surface area contributed by atoms with Crippen LogP contribution >= 0.6 is 12.4 Å². The molecule has 3 heteroatoms. The summed E-state index contributed by atoms with van der Waals surface area (Å²) in [6, 6.07) is 6.28. The van der Waals surface area contributed by atoms with E-state index in [4.69, 9.17) is 0 Å². The molecule has 0 saturated heterocycles. The van der Waals surface area contributed by atoms with Crippen molar-refractivity contribution < 1.29 is 0 Å². The molecule has 1 aromatic carbocycles. The molecule has 0 heterocycles. The van der Waals surface area contributed by atoms with Crippen LogP contribution in [0.4, 0.5) is 5.69 Å². The van der Waals surface area contributed by atoms with Gasteiger partial charge in [0.05, 0.1) is 0 Å². The molecule has 3 radical (unpaired) electrons. The van der Waals surface area contributed by atoms with Crippen molar-refractivity contribution in [1.82, 2.24) is 0 Å². The first-order chi connectivity index (χ1) is 5.13. The van der Waals surface area contributed by atoms with E-state index in [-0.39, 0.29) is 12.4 Å². The minimum atomic E-state index is 0. The van der Waals surface area contributed by atoms with E-state index in [1.54, 1.807) is 0 Å². The van der Waals surface area contributed by atoms with Gasteiger partial charge < -0.3 is 4.57 Å². The Morgan fingerprint density at radius 1 is 1.25 bits per heavy atom. The molecule has 0 amide bonds. The van der Waals surface area contributed by atoms with Gasteiger partial charge in [0, 0.05) is 5.69 Å². The summed E-state index contributed by atoms with van der Waals surface area (Å²) in [6.07, 6.45) is 0. The van der Waals surface area contributed by atoms with E-state index in [1.807, 2.05) is 11.6 Å². The Labute approximate surface area is 83.7 Å².